The molecule has 1 heterocycles. The minimum absolute atomic E-state index is 0.514. The van der Waals surface area contributed by atoms with Gasteiger partial charge in [0.2, 0.25) is 0 Å². The van der Waals surface area contributed by atoms with E-state index in [1.54, 1.807) is 0 Å². The summed E-state index contributed by atoms with van der Waals surface area (Å²) in [7, 11) is 2.02. The molecular formula is C16H27N3. The number of aromatic nitrogens is 2. The Balaban J connectivity index is 1.52. The Morgan fingerprint density at radius 1 is 1.37 bits per heavy atom. The molecule has 3 unspecified atom stereocenters. The van der Waals surface area contributed by atoms with Crippen molar-refractivity contribution in [3.63, 3.8) is 0 Å². The standard InChI is InChI=1S/C16H27N3/c1-11(2)16-15(10-19(3)18-16)9-17-8-14-7-12-4-5-13(14)6-12/h10-14,17H,4-9H2,1-3H3. The van der Waals surface area contributed by atoms with E-state index in [0.29, 0.717) is 5.92 Å². The molecule has 3 heteroatoms. The average molecular weight is 261 g/mol. The van der Waals surface area contributed by atoms with Gasteiger partial charge in [-0.3, -0.25) is 4.68 Å². The zero-order valence-corrected chi connectivity index (χ0v) is 12.5. The summed E-state index contributed by atoms with van der Waals surface area (Å²) in [6, 6.07) is 0. The van der Waals surface area contributed by atoms with Gasteiger partial charge in [0.15, 0.2) is 0 Å². The van der Waals surface area contributed by atoms with Crippen LogP contribution in [0.5, 0.6) is 0 Å². The van der Waals surface area contributed by atoms with E-state index in [4.69, 9.17) is 0 Å². The van der Waals surface area contributed by atoms with Crippen LogP contribution < -0.4 is 5.32 Å². The zero-order valence-electron chi connectivity index (χ0n) is 12.5. The van der Waals surface area contributed by atoms with Crippen molar-refractivity contribution in [2.75, 3.05) is 6.54 Å². The van der Waals surface area contributed by atoms with Crippen molar-refractivity contribution < 1.29 is 0 Å². The van der Waals surface area contributed by atoms with Crippen molar-refractivity contribution in [3.05, 3.63) is 17.5 Å². The predicted molar refractivity (Wildman–Crippen MR) is 77.9 cm³/mol. The number of rotatable bonds is 5. The Morgan fingerprint density at radius 2 is 2.21 bits per heavy atom. The molecule has 3 rings (SSSR count). The first-order valence-corrected chi connectivity index (χ1v) is 7.86. The normalized spacial score (nSPS) is 29.6. The lowest BCUT2D eigenvalue weighted by Crippen LogP contribution is -2.26. The van der Waals surface area contributed by atoms with Crippen LogP contribution in [0, 0.1) is 17.8 Å². The van der Waals surface area contributed by atoms with Crippen molar-refractivity contribution in [1.29, 1.82) is 0 Å². The molecule has 1 aromatic rings. The Morgan fingerprint density at radius 3 is 2.84 bits per heavy atom. The van der Waals surface area contributed by atoms with Crippen molar-refractivity contribution in [3.8, 4) is 0 Å². The molecule has 0 aliphatic heterocycles. The SMILES string of the molecule is CC(C)c1nn(C)cc1CNCC1CC2CCC1C2. The molecule has 0 spiro atoms. The molecule has 2 aliphatic rings. The molecule has 2 fully saturated rings. The zero-order chi connectivity index (χ0) is 13.4. The third kappa shape index (κ3) is 2.71. The van der Waals surface area contributed by atoms with Crippen LogP contribution in [-0.2, 0) is 13.6 Å². The number of aryl methyl sites for hydroxylation is 1. The van der Waals surface area contributed by atoms with E-state index < -0.39 is 0 Å². The third-order valence-electron chi connectivity index (χ3n) is 5.09. The predicted octanol–water partition coefficient (Wildman–Crippen LogP) is 3.07. The molecule has 2 saturated carbocycles. The van der Waals surface area contributed by atoms with E-state index in [0.717, 1.165) is 24.3 Å². The van der Waals surface area contributed by atoms with E-state index in [1.807, 2.05) is 11.7 Å². The molecule has 106 valence electrons. The number of hydrogen-bond acceptors (Lipinski definition) is 2. The van der Waals surface area contributed by atoms with Crippen molar-refractivity contribution in [1.82, 2.24) is 15.1 Å². The first-order valence-electron chi connectivity index (χ1n) is 7.86. The highest BCUT2D eigenvalue weighted by Gasteiger charge is 2.38. The summed E-state index contributed by atoms with van der Waals surface area (Å²) in [6.45, 7) is 6.63. The maximum atomic E-state index is 4.58. The second-order valence-corrected chi connectivity index (χ2v) is 6.93. The molecule has 0 aromatic carbocycles. The van der Waals surface area contributed by atoms with Gasteiger partial charge in [0, 0.05) is 25.4 Å². The van der Waals surface area contributed by atoms with E-state index >= 15 is 0 Å². The largest absolute Gasteiger partial charge is 0.312 e. The summed E-state index contributed by atoms with van der Waals surface area (Å²) in [4.78, 5) is 0. The first-order chi connectivity index (χ1) is 9.13. The molecule has 3 nitrogen and oxygen atoms in total. The van der Waals surface area contributed by atoms with Gasteiger partial charge in [0.25, 0.3) is 0 Å². The molecule has 1 N–H and O–H groups in total. The van der Waals surface area contributed by atoms with Gasteiger partial charge in [-0.15, -0.1) is 0 Å². The highest BCUT2D eigenvalue weighted by Crippen LogP contribution is 2.47. The number of nitrogens with zero attached hydrogens (tertiary/aromatic N) is 2. The van der Waals surface area contributed by atoms with Gasteiger partial charge in [0.1, 0.15) is 0 Å². The molecule has 2 bridgehead atoms. The minimum Gasteiger partial charge on any atom is -0.312 e. The summed E-state index contributed by atoms with van der Waals surface area (Å²) in [5.41, 5.74) is 2.63. The first kappa shape index (κ1) is 13.2. The maximum Gasteiger partial charge on any atom is 0.0694 e. The van der Waals surface area contributed by atoms with Gasteiger partial charge in [0.05, 0.1) is 5.69 Å². The molecular weight excluding hydrogens is 234 g/mol. The van der Waals surface area contributed by atoms with Crippen LogP contribution in [0.3, 0.4) is 0 Å². The van der Waals surface area contributed by atoms with Crippen LogP contribution in [0.15, 0.2) is 6.20 Å². The maximum absolute atomic E-state index is 4.58. The topological polar surface area (TPSA) is 29.9 Å². The van der Waals surface area contributed by atoms with Gasteiger partial charge in [-0.1, -0.05) is 20.3 Å². The quantitative estimate of drug-likeness (QED) is 0.883. The summed E-state index contributed by atoms with van der Waals surface area (Å²) < 4.78 is 1.95. The Hall–Kier alpha value is -0.830. The molecule has 0 amide bonds. The summed E-state index contributed by atoms with van der Waals surface area (Å²) >= 11 is 0. The van der Waals surface area contributed by atoms with E-state index in [9.17, 15) is 0 Å². The molecule has 0 radical (unpaired) electrons. The number of hydrogen-bond donors (Lipinski definition) is 1. The molecule has 19 heavy (non-hydrogen) atoms. The number of fused-ring (bicyclic) bond motifs is 2. The van der Waals surface area contributed by atoms with Crippen molar-refractivity contribution >= 4 is 0 Å². The fourth-order valence-electron chi connectivity index (χ4n) is 4.20. The summed E-state index contributed by atoms with van der Waals surface area (Å²) in [5.74, 6) is 3.54. The van der Waals surface area contributed by atoms with E-state index in [1.165, 1.54) is 43.5 Å². The molecule has 1 aromatic heterocycles. The molecule has 3 atom stereocenters. The fraction of sp³-hybridized carbons (Fsp3) is 0.812. The highest BCUT2D eigenvalue weighted by molar-refractivity contribution is 5.19. The van der Waals surface area contributed by atoms with Crippen molar-refractivity contribution in [2.45, 2.75) is 52.0 Å². The van der Waals surface area contributed by atoms with Gasteiger partial charge in [-0.2, -0.15) is 5.10 Å². The van der Waals surface area contributed by atoms with Gasteiger partial charge in [-0.25, -0.2) is 0 Å². The summed E-state index contributed by atoms with van der Waals surface area (Å²) in [6.07, 6.45) is 8.14. The monoisotopic (exact) mass is 261 g/mol. The lowest BCUT2D eigenvalue weighted by atomic mass is 9.89. The highest BCUT2D eigenvalue weighted by atomic mass is 15.3. The van der Waals surface area contributed by atoms with Crippen LogP contribution in [0.4, 0.5) is 0 Å². The Bertz CT molecular complexity index is 435. The van der Waals surface area contributed by atoms with Crippen molar-refractivity contribution in [2.24, 2.45) is 24.8 Å². The van der Waals surface area contributed by atoms with Crippen LogP contribution in [0.25, 0.3) is 0 Å². The fourth-order valence-corrected chi connectivity index (χ4v) is 4.20. The summed E-state index contributed by atoms with van der Waals surface area (Å²) in [5, 5.41) is 8.26. The van der Waals surface area contributed by atoms with Gasteiger partial charge >= 0.3 is 0 Å². The Labute approximate surface area is 116 Å². The van der Waals surface area contributed by atoms with Crippen LogP contribution in [0.2, 0.25) is 0 Å². The second-order valence-electron chi connectivity index (χ2n) is 6.93. The third-order valence-corrected chi connectivity index (χ3v) is 5.09. The van der Waals surface area contributed by atoms with Crippen LogP contribution in [0.1, 0.15) is 56.7 Å². The van der Waals surface area contributed by atoms with Crippen LogP contribution in [-0.4, -0.2) is 16.3 Å². The lowest BCUT2D eigenvalue weighted by Gasteiger charge is -2.21. The van der Waals surface area contributed by atoms with E-state index in [-0.39, 0.29) is 0 Å². The van der Waals surface area contributed by atoms with E-state index in [2.05, 4.69) is 30.5 Å². The van der Waals surface area contributed by atoms with Crippen LogP contribution >= 0.6 is 0 Å². The smallest absolute Gasteiger partial charge is 0.0694 e. The molecule has 2 aliphatic carbocycles. The average Bonchev–Trinajstić information content (AvgIpc) is 3.04. The second kappa shape index (κ2) is 5.28. The lowest BCUT2D eigenvalue weighted by molar-refractivity contribution is 0.318. The van der Waals surface area contributed by atoms with Gasteiger partial charge in [-0.05, 0) is 49.5 Å². The molecule has 0 saturated heterocycles. The minimum atomic E-state index is 0.514. The Kier molecular flexibility index (Phi) is 3.66. The van der Waals surface area contributed by atoms with Gasteiger partial charge < -0.3 is 5.32 Å². The number of nitrogens with one attached hydrogen (secondary N) is 1.